The first-order chi connectivity index (χ1) is 11.9. The average molecular weight is 367 g/mol. The Bertz CT molecular complexity index is 868. The molecular weight excluding hydrogens is 346 g/mol. The van der Waals surface area contributed by atoms with Crippen molar-refractivity contribution < 1.29 is 17.9 Å². The largest absolute Gasteiger partial charge is 0.493 e. The molecule has 0 amide bonds. The molecule has 25 heavy (non-hydrogen) atoms. The Morgan fingerprint density at radius 1 is 1.28 bits per heavy atom. The lowest BCUT2D eigenvalue weighted by Crippen LogP contribution is -2.48. The minimum atomic E-state index is -3.62. The Balaban J connectivity index is 1.73. The maximum absolute atomic E-state index is 10.9. The minimum Gasteiger partial charge on any atom is -0.493 e. The van der Waals surface area contributed by atoms with Gasteiger partial charge in [-0.25, -0.2) is 19.8 Å². The van der Waals surface area contributed by atoms with Gasteiger partial charge in [0.05, 0.1) is 14.2 Å². The van der Waals surface area contributed by atoms with Gasteiger partial charge in [0.15, 0.2) is 11.5 Å². The van der Waals surface area contributed by atoms with E-state index in [9.17, 15) is 8.42 Å². The molecule has 0 unspecified atom stereocenters. The smallest absolute Gasteiger partial charge is 0.274 e. The Morgan fingerprint density at radius 3 is 2.68 bits per heavy atom. The second-order valence-electron chi connectivity index (χ2n) is 5.89. The van der Waals surface area contributed by atoms with Crippen LogP contribution in [0.2, 0.25) is 0 Å². The van der Waals surface area contributed by atoms with E-state index in [2.05, 4.69) is 19.6 Å². The van der Waals surface area contributed by atoms with Crippen LogP contribution in [0.3, 0.4) is 0 Å². The number of methoxy groups -OCH3 is 2. The molecule has 1 aliphatic heterocycles. The summed E-state index contributed by atoms with van der Waals surface area (Å²) in [5.41, 5.74) is 0.700. The maximum atomic E-state index is 10.9. The summed E-state index contributed by atoms with van der Waals surface area (Å²) in [6, 6.07) is 3.75. The number of fused-ring (bicyclic) bond motifs is 1. The summed E-state index contributed by atoms with van der Waals surface area (Å²) in [4.78, 5) is 10.9. The third kappa shape index (κ3) is 3.75. The number of nitrogens with two attached hydrogens (primary N) is 1. The summed E-state index contributed by atoms with van der Waals surface area (Å²) in [6.45, 7) is 1.94. The first-order valence-electron chi connectivity index (χ1n) is 7.81. The highest BCUT2D eigenvalue weighted by Crippen LogP contribution is 2.38. The summed E-state index contributed by atoms with van der Waals surface area (Å²) in [7, 11) is -0.457. The third-order valence-electron chi connectivity index (χ3n) is 4.24. The monoisotopic (exact) mass is 367 g/mol. The number of hydrogen-bond donors (Lipinski definition) is 2. The lowest BCUT2D eigenvalue weighted by molar-refractivity contribution is 0.358. The fraction of sp³-hybridized carbons (Fsp3) is 0.467. The normalized spacial score (nSPS) is 15.2. The summed E-state index contributed by atoms with van der Waals surface area (Å²) in [5.74, 6) is 2.43. The van der Waals surface area contributed by atoms with Gasteiger partial charge in [0.25, 0.3) is 10.2 Å². The lowest BCUT2D eigenvalue weighted by atomic mass is 9.96. The van der Waals surface area contributed by atoms with Crippen molar-refractivity contribution in [3.63, 3.8) is 0 Å². The van der Waals surface area contributed by atoms with Crippen molar-refractivity contribution in [2.45, 2.75) is 6.42 Å². The summed E-state index contributed by atoms with van der Waals surface area (Å²) >= 11 is 0. The van der Waals surface area contributed by atoms with Crippen LogP contribution in [0.15, 0.2) is 18.5 Å². The van der Waals surface area contributed by atoms with E-state index in [0.717, 1.165) is 30.7 Å². The van der Waals surface area contributed by atoms with E-state index in [1.165, 1.54) is 6.33 Å². The van der Waals surface area contributed by atoms with Crippen LogP contribution in [0, 0.1) is 5.92 Å². The van der Waals surface area contributed by atoms with Crippen LogP contribution >= 0.6 is 0 Å². The van der Waals surface area contributed by atoms with Crippen LogP contribution < -0.4 is 24.2 Å². The molecule has 0 bridgehead atoms. The second-order valence-corrected chi connectivity index (χ2v) is 7.27. The molecule has 1 aromatic carbocycles. The van der Waals surface area contributed by atoms with Crippen LogP contribution in [0.5, 0.6) is 11.5 Å². The first-order valence-corrected chi connectivity index (χ1v) is 9.35. The van der Waals surface area contributed by atoms with Gasteiger partial charge in [0.2, 0.25) is 0 Å². The molecule has 2 heterocycles. The van der Waals surface area contributed by atoms with Crippen LogP contribution in [-0.2, 0) is 10.2 Å². The zero-order chi connectivity index (χ0) is 18.0. The fourth-order valence-electron chi connectivity index (χ4n) is 3.01. The van der Waals surface area contributed by atoms with Crippen molar-refractivity contribution in [2.24, 2.45) is 11.1 Å². The molecule has 136 valence electrons. The molecule has 3 N–H and O–H groups in total. The molecule has 10 heteroatoms. The van der Waals surface area contributed by atoms with E-state index in [0.29, 0.717) is 29.5 Å². The molecular formula is C15H21N5O4S. The quantitative estimate of drug-likeness (QED) is 0.720. The standard InChI is InChI=1S/C15H21N5O4S/c1-23-12-4-3-11-13(14(12)24-2)17-9-18-15(11)20-7-10(8-20)5-6-19-25(16,21)22/h3-4,9-10,19H,5-8H2,1-2H3,(H2,16,21,22). The number of aromatic nitrogens is 2. The van der Waals surface area contributed by atoms with Crippen molar-refractivity contribution in [1.82, 2.24) is 14.7 Å². The molecule has 0 atom stereocenters. The van der Waals surface area contributed by atoms with Crippen LogP contribution in [-0.4, -0.2) is 52.2 Å². The van der Waals surface area contributed by atoms with E-state index in [1.54, 1.807) is 14.2 Å². The van der Waals surface area contributed by atoms with Crippen LogP contribution in [0.4, 0.5) is 5.82 Å². The number of nitrogens with zero attached hydrogens (tertiary/aromatic N) is 3. The molecule has 3 rings (SSSR count). The Hall–Kier alpha value is -2.17. The predicted molar refractivity (Wildman–Crippen MR) is 94.1 cm³/mol. The molecule has 0 spiro atoms. The highest BCUT2D eigenvalue weighted by molar-refractivity contribution is 7.87. The molecule has 0 aliphatic carbocycles. The summed E-state index contributed by atoms with van der Waals surface area (Å²) < 4.78 is 34.8. The topological polar surface area (TPSA) is 120 Å². The number of benzene rings is 1. The molecule has 0 radical (unpaired) electrons. The molecule has 1 aromatic heterocycles. The van der Waals surface area contributed by atoms with E-state index in [1.807, 2.05) is 12.1 Å². The molecule has 2 aromatic rings. The Morgan fingerprint density at radius 2 is 2.04 bits per heavy atom. The molecule has 1 fully saturated rings. The van der Waals surface area contributed by atoms with Crippen molar-refractivity contribution in [3.05, 3.63) is 18.5 Å². The first kappa shape index (κ1) is 17.6. The van der Waals surface area contributed by atoms with Crippen LogP contribution in [0.25, 0.3) is 10.9 Å². The van der Waals surface area contributed by atoms with Gasteiger partial charge < -0.3 is 14.4 Å². The highest BCUT2D eigenvalue weighted by Gasteiger charge is 2.29. The number of nitrogens with one attached hydrogen (secondary N) is 1. The van der Waals surface area contributed by atoms with Crippen molar-refractivity contribution in [1.29, 1.82) is 0 Å². The van der Waals surface area contributed by atoms with E-state index in [4.69, 9.17) is 14.6 Å². The van der Waals surface area contributed by atoms with Crippen molar-refractivity contribution in [3.8, 4) is 11.5 Å². The van der Waals surface area contributed by atoms with E-state index < -0.39 is 10.2 Å². The molecule has 9 nitrogen and oxygen atoms in total. The highest BCUT2D eigenvalue weighted by atomic mass is 32.2. The third-order valence-corrected chi connectivity index (χ3v) is 4.85. The number of rotatable bonds is 7. The maximum Gasteiger partial charge on any atom is 0.274 e. The van der Waals surface area contributed by atoms with E-state index in [-0.39, 0.29) is 0 Å². The van der Waals surface area contributed by atoms with Gasteiger partial charge in [-0.2, -0.15) is 8.42 Å². The summed E-state index contributed by atoms with van der Waals surface area (Å²) in [5, 5.41) is 5.81. The zero-order valence-corrected chi connectivity index (χ0v) is 14.9. The number of hydrogen-bond acceptors (Lipinski definition) is 7. The lowest BCUT2D eigenvalue weighted by Gasteiger charge is -2.40. The van der Waals surface area contributed by atoms with Gasteiger partial charge in [0, 0.05) is 25.0 Å². The number of ether oxygens (including phenoxy) is 2. The molecule has 1 aliphatic rings. The van der Waals surface area contributed by atoms with Gasteiger partial charge in [-0.15, -0.1) is 0 Å². The Kier molecular flexibility index (Phi) is 4.93. The van der Waals surface area contributed by atoms with E-state index >= 15 is 0 Å². The minimum absolute atomic E-state index is 0.340. The molecule has 0 saturated carbocycles. The van der Waals surface area contributed by atoms with Gasteiger partial charge >= 0.3 is 0 Å². The average Bonchev–Trinajstić information content (AvgIpc) is 2.54. The molecule has 1 saturated heterocycles. The zero-order valence-electron chi connectivity index (χ0n) is 14.1. The predicted octanol–water partition coefficient (Wildman–Crippen LogP) is 0.266. The summed E-state index contributed by atoms with van der Waals surface area (Å²) in [6.07, 6.45) is 2.24. The van der Waals surface area contributed by atoms with Gasteiger partial charge in [-0.3, -0.25) is 0 Å². The van der Waals surface area contributed by atoms with Gasteiger partial charge in [-0.05, 0) is 24.5 Å². The fourth-order valence-corrected chi connectivity index (χ4v) is 3.42. The van der Waals surface area contributed by atoms with Gasteiger partial charge in [0.1, 0.15) is 17.7 Å². The SMILES string of the molecule is COc1ccc2c(N3CC(CCNS(N)(=O)=O)C3)ncnc2c1OC. The van der Waals surface area contributed by atoms with Gasteiger partial charge in [-0.1, -0.05) is 0 Å². The Labute approximate surface area is 146 Å². The van der Waals surface area contributed by atoms with Crippen LogP contribution in [0.1, 0.15) is 6.42 Å². The number of anilines is 1. The van der Waals surface area contributed by atoms with Crippen molar-refractivity contribution >= 4 is 26.9 Å². The second kappa shape index (κ2) is 6.98. The van der Waals surface area contributed by atoms with Crippen molar-refractivity contribution in [2.75, 3.05) is 38.8 Å².